The van der Waals surface area contributed by atoms with Crippen molar-refractivity contribution < 1.29 is 9.53 Å². The number of benzene rings is 1. The zero-order chi connectivity index (χ0) is 14.1. The Hall–Kier alpha value is -2.30. The first-order valence-corrected chi connectivity index (χ1v) is 6.75. The molecule has 104 valence electrons. The molecule has 0 aliphatic heterocycles. The number of aromatic nitrogens is 2. The highest BCUT2D eigenvalue weighted by Crippen LogP contribution is 2.35. The summed E-state index contributed by atoms with van der Waals surface area (Å²) in [4.78, 5) is 12.2. The van der Waals surface area contributed by atoms with Crippen molar-refractivity contribution in [2.45, 2.75) is 32.3 Å². The standard InChI is InChI=1S/C15H17N3O2/c1-10-7-8-12-13(10)18(17-14(12)16)15(19)20-9-11-5-3-2-4-6-11/h2-6,10H,7-9H2,1H3,(H2,16,17). The van der Waals surface area contributed by atoms with E-state index in [0.29, 0.717) is 11.7 Å². The molecule has 5 nitrogen and oxygen atoms in total. The molecule has 1 aliphatic rings. The van der Waals surface area contributed by atoms with Crippen LogP contribution in [-0.2, 0) is 17.8 Å². The lowest BCUT2D eigenvalue weighted by Gasteiger charge is -2.09. The second-order valence-corrected chi connectivity index (χ2v) is 5.14. The van der Waals surface area contributed by atoms with Crippen molar-refractivity contribution in [2.24, 2.45) is 0 Å². The van der Waals surface area contributed by atoms with Gasteiger partial charge in [0.1, 0.15) is 12.4 Å². The van der Waals surface area contributed by atoms with Crippen LogP contribution in [-0.4, -0.2) is 15.9 Å². The van der Waals surface area contributed by atoms with E-state index in [-0.39, 0.29) is 6.61 Å². The molecule has 0 bridgehead atoms. The second-order valence-electron chi connectivity index (χ2n) is 5.14. The van der Waals surface area contributed by atoms with Crippen molar-refractivity contribution in [1.29, 1.82) is 0 Å². The molecule has 20 heavy (non-hydrogen) atoms. The number of carbonyl (C=O) groups excluding carboxylic acids is 1. The summed E-state index contributed by atoms with van der Waals surface area (Å²) in [5.41, 5.74) is 8.71. The van der Waals surface area contributed by atoms with E-state index in [1.165, 1.54) is 4.68 Å². The summed E-state index contributed by atoms with van der Waals surface area (Å²) >= 11 is 0. The molecule has 1 unspecified atom stereocenters. The topological polar surface area (TPSA) is 70.1 Å². The first-order chi connectivity index (χ1) is 9.66. The molecule has 0 spiro atoms. The molecule has 0 fully saturated rings. The number of fused-ring (bicyclic) bond motifs is 1. The molecule has 3 rings (SSSR count). The molecule has 5 heteroatoms. The first-order valence-electron chi connectivity index (χ1n) is 6.75. The van der Waals surface area contributed by atoms with E-state index in [4.69, 9.17) is 10.5 Å². The van der Waals surface area contributed by atoms with E-state index in [2.05, 4.69) is 12.0 Å². The fourth-order valence-corrected chi connectivity index (χ4v) is 2.66. The number of nitrogens with two attached hydrogens (primary N) is 1. The largest absolute Gasteiger partial charge is 0.443 e. The van der Waals surface area contributed by atoms with Gasteiger partial charge < -0.3 is 10.5 Å². The third kappa shape index (κ3) is 2.15. The normalized spacial score (nSPS) is 16.9. The van der Waals surface area contributed by atoms with Gasteiger partial charge in [0.2, 0.25) is 0 Å². The average molecular weight is 271 g/mol. The third-order valence-corrected chi connectivity index (χ3v) is 3.73. The summed E-state index contributed by atoms with van der Waals surface area (Å²) in [5, 5.41) is 4.11. The van der Waals surface area contributed by atoms with Gasteiger partial charge >= 0.3 is 6.09 Å². The van der Waals surface area contributed by atoms with Crippen molar-refractivity contribution in [2.75, 3.05) is 5.73 Å². The fourth-order valence-electron chi connectivity index (χ4n) is 2.66. The summed E-state index contributed by atoms with van der Waals surface area (Å²) in [5.74, 6) is 0.736. The van der Waals surface area contributed by atoms with Crippen LogP contribution in [0.4, 0.5) is 10.6 Å². The smallest absolute Gasteiger partial charge is 0.435 e. The van der Waals surface area contributed by atoms with E-state index < -0.39 is 6.09 Å². The molecule has 0 saturated heterocycles. The Morgan fingerprint density at radius 1 is 1.45 bits per heavy atom. The molecular formula is C15H17N3O2. The number of anilines is 1. The van der Waals surface area contributed by atoms with Crippen molar-refractivity contribution in [1.82, 2.24) is 9.78 Å². The number of nitrogen functional groups attached to an aromatic ring is 1. The molecule has 0 radical (unpaired) electrons. The Balaban J connectivity index is 1.77. The molecule has 1 atom stereocenters. The number of nitrogens with zero attached hydrogens (tertiary/aromatic N) is 2. The maximum Gasteiger partial charge on any atom is 0.435 e. The van der Waals surface area contributed by atoms with Crippen molar-refractivity contribution in [3.05, 3.63) is 47.2 Å². The molecule has 0 saturated carbocycles. The lowest BCUT2D eigenvalue weighted by Crippen LogP contribution is -2.18. The molecule has 1 aromatic carbocycles. The predicted molar refractivity (Wildman–Crippen MR) is 75.4 cm³/mol. The monoisotopic (exact) mass is 271 g/mol. The minimum Gasteiger partial charge on any atom is -0.443 e. The lowest BCUT2D eigenvalue weighted by molar-refractivity contribution is 0.137. The van der Waals surface area contributed by atoms with Gasteiger partial charge in [-0.25, -0.2) is 4.79 Å². The van der Waals surface area contributed by atoms with E-state index in [0.717, 1.165) is 29.7 Å². The van der Waals surface area contributed by atoms with Crippen molar-refractivity contribution >= 4 is 11.9 Å². The minimum absolute atomic E-state index is 0.239. The number of hydrogen-bond acceptors (Lipinski definition) is 4. The summed E-state index contributed by atoms with van der Waals surface area (Å²) < 4.78 is 6.63. The van der Waals surface area contributed by atoms with Crippen LogP contribution in [0.1, 0.15) is 36.1 Å². The maximum atomic E-state index is 12.2. The highest BCUT2D eigenvalue weighted by atomic mass is 16.6. The van der Waals surface area contributed by atoms with E-state index in [1.54, 1.807) is 0 Å². The number of rotatable bonds is 2. The molecule has 2 N–H and O–H groups in total. The average Bonchev–Trinajstić information content (AvgIpc) is 3.00. The quantitative estimate of drug-likeness (QED) is 0.911. The number of ether oxygens (including phenoxy) is 1. The summed E-state index contributed by atoms with van der Waals surface area (Å²) in [6.45, 7) is 2.32. The molecule has 1 aliphatic carbocycles. The van der Waals surface area contributed by atoms with Gasteiger partial charge in [-0.3, -0.25) is 0 Å². The Labute approximate surface area is 117 Å². The van der Waals surface area contributed by atoms with Crippen LogP contribution in [0.3, 0.4) is 0 Å². The van der Waals surface area contributed by atoms with Gasteiger partial charge in [-0.05, 0) is 24.3 Å². The summed E-state index contributed by atoms with van der Waals surface area (Å²) in [6, 6.07) is 9.58. The Morgan fingerprint density at radius 3 is 2.95 bits per heavy atom. The van der Waals surface area contributed by atoms with E-state index in [1.807, 2.05) is 30.3 Å². The van der Waals surface area contributed by atoms with Crippen LogP contribution in [0, 0.1) is 0 Å². The summed E-state index contributed by atoms with van der Waals surface area (Å²) in [7, 11) is 0. The highest BCUT2D eigenvalue weighted by molar-refractivity contribution is 5.72. The van der Waals surface area contributed by atoms with Gasteiger partial charge in [0.25, 0.3) is 0 Å². The number of carbonyl (C=O) groups is 1. The Morgan fingerprint density at radius 2 is 2.20 bits per heavy atom. The van der Waals surface area contributed by atoms with Crippen LogP contribution < -0.4 is 5.73 Å². The van der Waals surface area contributed by atoms with Crippen LogP contribution in [0.25, 0.3) is 0 Å². The molecule has 2 aromatic rings. The van der Waals surface area contributed by atoms with Crippen LogP contribution in [0.2, 0.25) is 0 Å². The van der Waals surface area contributed by atoms with Gasteiger partial charge in [0.05, 0.1) is 5.69 Å². The zero-order valence-corrected chi connectivity index (χ0v) is 11.4. The molecule has 0 amide bonds. The first kappa shape index (κ1) is 12.7. The predicted octanol–water partition coefficient (Wildman–Crippen LogP) is 2.70. The van der Waals surface area contributed by atoms with Gasteiger partial charge in [0.15, 0.2) is 0 Å². The lowest BCUT2D eigenvalue weighted by atomic mass is 10.1. The van der Waals surface area contributed by atoms with Crippen LogP contribution in [0.15, 0.2) is 30.3 Å². The van der Waals surface area contributed by atoms with Gasteiger partial charge in [-0.1, -0.05) is 37.3 Å². The maximum absolute atomic E-state index is 12.2. The van der Waals surface area contributed by atoms with Crippen LogP contribution >= 0.6 is 0 Å². The Bertz CT molecular complexity index is 634. The second kappa shape index (κ2) is 5.00. The van der Waals surface area contributed by atoms with Crippen molar-refractivity contribution in [3.63, 3.8) is 0 Å². The minimum atomic E-state index is -0.462. The number of hydrogen-bond donors (Lipinski definition) is 1. The molecular weight excluding hydrogens is 254 g/mol. The van der Waals surface area contributed by atoms with Crippen LogP contribution in [0.5, 0.6) is 0 Å². The van der Waals surface area contributed by atoms with Gasteiger partial charge in [-0.2, -0.15) is 4.68 Å². The Kier molecular flexibility index (Phi) is 3.18. The highest BCUT2D eigenvalue weighted by Gasteiger charge is 2.30. The zero-order valence-electron chi connectivity index (χ0n) is 11.4. The third-order valence-electron chi connectivity index (χ3n) is 3.73. The van der Waals surface area contributed by atoms with Gasteiger partial charge in [0, 0.05) is 5.56 Å². The fraction of sp³-hybridized carbons (Fsp3) is 0.333. The SMILES string of the molecule is CC1CCc2c(N)nn(C(=O)OCc3ccccc3)c21. The van der Waals surface area contributed by atoms with Crippen molar-refractivity contribution in [3.8, 4) is 0 Å². The van der Waals surface area contributed by atoms with Gasteiger partial charge in [-0.15, -0.1) is 5.10 Å². The molecule has 1 heterocycles. The summed E-state index contributed by atoms with van der Waals surface area (Å²) in [6.07, 6.45) is 1.42. The molecule has 1 aromatic heterocycles. The van der Waals surface area contributed by atoms with E-state index >= 15 is 0 Å². The van der Waals surface area contributed by atoms with E-state index in [9.17, 15) is 4.79 Å².